The maximum atomic E-state index is 13.8. The molecule has 0 radical (unpaired) electrons. The average molecular weight is 679 g/mol. The maximum absolute atomic E-state index is 13.8. The van der Waals surface area contributed by atoms with Gasteiger partial charge in [-0.1, -0.05) is 53.0 Å². The van der Waals surface area contributed by atoms with Gasteiger partial charge in [-0.3, -0.25) is 4.79 Å². The molecule has 0 spiro atoms. The van der Waals surface area contributed by atoms with Gasteiger partial charge in [0.1, 0.15) is 5.75 Å². The third kappa shape index (κ3) is 10.6. The van der Waals surface area contributed by atoms with E-state index >= 15 is 0 Å². The van der Waals surface area contributed by atoms with Gasteiger partial charge >= 0.3 is 18.5 Å². The fraction of sp³-hybridized carbons (Fsp3) is 0.375. The molecule has 0 aliphatic heterocycles. The molecule has 0 aliphatic carbocycles. The third-order valence-corrected chi connectivity index (χ3v) is 8.24. The number of hydrogen-bond acceptors (Lipinski definition) is 3. The number of sulfone groups is 1. The van der Waals surface area contributed by atoms with Crippen LogP contribution in [0.25, 0.3) is 6.08 Å². The number of halogens is 12. The average Bonchev–Trinajstić information content (AvgIpc) is 2.78. The number of benzene rings is 2. The molecular weight excluding hydrogens is 660 g/mol. The fourth-order valence-electron chi connectivity index (χ4n) is 3.52. The summed E-state index contributed by atoms with van der Waals surface area (Å²) >= 11 is 17.4. The maximum Gasteiger partial charge on any atom is 0.417 e. The van der Waals surface area contributed by atoms with Crippen LogP contribution in [0.2, 0.25) is 15.1 Å². The summed E-state index contributed by atoms with van der Waals surface area (Å²) in [6.45, 7) is 1.18. The minimum absolute atomic E-state index is 0.192. The van der Waals surface area contributed by atoms with Gasteiger partial charge in [0, 0.05) is 6.04 Å². The van der Waals surface area contributed by atoms with Crippen molar-refractivity contribution < 1.29 is 52.7 Å². The van der Waals surface area contributed by atoms with Crippen LogP contribution in [-0.2, 0) is 16.0 Å². The number of nitrogens with one attached hydrogen (secondary N) is 1. The Labute approximate surface area is 243 Å². The highest BCUT2D eigenvalue weighted by Gasteiger charge is 2.40. The number of carbonyl (C=O) groups excluding carboxylic acids is 1. The molecule has 0 aliphatic rings. The molecule has 1 amide bonds. The summed E-state index contributed by atoms with van der Waals surface area (Å²) in [6.07, 6.45) is -14.2. The molecule has 4 nitrogen and oxygen atoms in total. The number of alkyl halides is 9. The number of hydrogen-bond donors (Lipinski definition) is 1. The molecule has 1 N–H and O–H groups in total. The summed E-state index contributed by atoms with van der Waals surface area (Å²) in [5.74, 6) is -6.76. The zero-order chi connectivity index (χ0) is 31.6. The van der Waals surface area contributed by atoms with E-state index in [4.69, 9.17) is 34.8 Å². The standard InChI is InChI=1S/C24H19Cl3F9NO3S/c1-12(6-7-41(39,40)11-22(28,29)30)37-21(38)15-4-2-13(8-17(15)24(34,35)36)3-5-16(23(31,32)33)14-9-18(25)20(27)19(26)10-14/h2-5,8-10,12,16H,6-7,11H2,1H3,(H,37,38)/b5-3+/t12-,16?/m1/s1. The first-order valence-corrected chi connectivity index (χ1v) is 14.1. The van der Waals surface area contributed by atoms with Crippen LogP contribution in [0.4, 0.5) is 39.5 Å². The molecule has 2 aromatic carbocycles. The molecule has 17 heteroatoms. The Bertz CT molecular complexity index is 1380. The molecule has 0 saturated heterocycles. The first-order valence-electron chi connectivity index (χ1n) is 11.2. The van der Waals surface area contributed by atoms with Crippen LogP contribution in [0.3, 0.4) is 0 Å². The number of rotatable bonds is 9. The van der Waals surface area contributed by atoms with Crippen molar-refractivity contribution in [1.82, 2.24) is 5.32 Å². The van der Waals surface area contributed by atoms with E-state index in [9.17, 15) is 52.7 Å². The molecule has 41 heavy (non-hydrogen) atoms. The van der Waals surface area contributed by atoms with E-state index < -0.39 is 80.8 Å². The van der Waals surface area contributed by atoms with E-state index in [0.717, 1.165) is 24.3 Å². The van der Waals surface area contributed by atoms with Crippen LogP contribution < -0.4 is 5.32 Å². The SMILES string of the molecule is C[C@H](CCS(=O)(=O)CC(F)(F)F)NC(=O)c1ccc(/C=C/C(c2cc(Cl)c(Cl)c(Cl)c2)C(F)(F)F)cc1C(F)(F)F. The van der Waals surface area contributed by atoms with Crippen molar-refractivity contribution in [3.05, 3.63) is 73.7 Å². The third-order valence-electron chi connectivity index (χ3n) is 5.42. The van der Waals surface area contributed by atoms with Gasteiger partial charge in [0.2, 0.25) is 0 Å². The highest BCUT2D eigenvalue weighted by molar-refractivity contribution is 7.91. The van der Waals surface area contributed by atoms with Crippen LogP contribution >= 0.6 is 34.8 Å². The van der Waals surface area contributed by atoms with Crippen LogP contribution in [0.1, 0.15) is 46.3 Å². The lowest BCUT2D eigenvalue weighted by Crippen LogP contribution is -2.36. The molecule has 0 heterocycles. The van der Waals surface area contributed by atoms with E-state index in [2.05, 4.69) is 5.32 Å². The Morgan fingerprint density at radius 3 is 2.00 bits per heavy atom. The van der Waals surface area contributed by atoms with Gasteiger partial charge in [-0.25, -0.2) is 8.42 Å². The number of carbonyl (C=O) groups is 1. The summed E-state index contributed by atoms with van der Waals surface area (Å²) in [7, 11) is -4.59. The molecule has 0 saturated carbocycles. The minimum atomic E-state index is -5.14. The molecule has 0 aromatic heterocycles. The van der Waals surface area contributed by atoms with Crippen molar-refractivity contribution in [2.45, 2.75) is 43.8 Å². The monoisotopic (exact) mass is 677 g/mol. The molecule has 0 bridgehead atoms. The highest BCUT2D eigenvalue weighted by atomic mass is 35.5. The Morgan fingerprint density at radius 1 is 0.951 bits per heavy atom. The van der Waals surface area contributed by atoms with E-state index in [1.165, 1.54) is 6.92 Å². The van der Waals surface area contributed by atoms with Crippen molar-refractivity contribution in [3.63, 3.8) is 0 Å². The van der Waals surface area contributed by atoms with Crippen LogP contribution in [0, 0.1) is 0 Å². The first kappa shape index (κ1) is 35.0. The molecule has 2 rings (SSSR count). The largest absolute Gasteiger partial charge is 0.417 e. The summed E-state index contributed by atoms with van der Waals surface area (Å²) < 4.78 is 143. The number of allylic oxidation sites excluding steroid dienone is 1. The molecule has 1 unspecified atom stereocenters. The van der Waals surface area contributed by atoms with Gasteiger partial charge in [0.05, 0.1) is 37.9 Å². The van der Waals surface area contributed by atoms with Gasteiger partial charge in [-0.15, -0.1) is 0 Å². The predicted molar refractivity (Wildman–Crippen MR) is 137 cm³/mol. The van der Waals surface area contributed by atoms with Gasteiger partial charge in [0.15, 0.2) is 9.84 Å². The van der Waals surface area contributed by atoms with Gasteiger partial charge < -0.3 is 5.32 Å². The van der Waals surface area contributed by atoms with Crippen molar-refractivity contribution in [3.8, 4) is 0 Å². The highest BCUT2D eigenvalue weighted by Crippen LogP contribution is 2.41. The second-order valence-corrected chi connectivity index (χ2v) is 12.2. The summed E-state index contributed by atoms with van der Waals surface area (Å²) in [5, 5.41) is 1.33. The molecule has 2 atom stereocenters. The van der Waals surface area contributed by atoms with Crippen LogP contribution in [0.5, 0.6) is 0 Å². The first-order chi connectivity index (χ1) is 18.5. The van der Waals surface area contributed by atoms with Crippen LogP contribution in [0.15, 0.2) is 36.4 Å². The fourth-order valence-corrected chi connectivity index (χ4v) is 5.49. The molecular formula is C24H19Cl3F9NO3S. The Balaban J connectivity index is 2.32. The van der Waals surface area contributed by atoms with Gasteiger partial charge in [-0.05, 0) is 48.7 Å². The predicted octanol–water partition coefficient (Wildman–Crippen LogP) is 8.51. The lowest BCUT2D eigenvalue weighted by molar-refractivity contribution is -0.139. The van der Waals surface area contributed by atoms with Crippen molar-refractivity contribution in [2.24, 2.45) is 0 Å². The van der Waals surface area contributed by atoms with Crippen molar-refractivity contribution in [2.75, 3.05) is 11.5 Å². The normalized spacial score (nSPS) is 14.8. The second kappa shape index (κ2) is 13.0. The second-order valence-electron chi connectivity index (χ2n) is 8.85. The van der Waals surface area contributed by atoms with E-state index in [1.807, 2.05) is 0 Å². The van der Waals surface area contributed by atoms with Gasteiger partial charge in [-0.2, -0.15) is 39.5 Å². The zero-order valence-electron chi connectivity index (χ0n) is 20.5. The smallest absolute Gasteiger partial charge is 0.350 e. The minimum Gasteiger partial charge on any atom is -0.350 e. The van der Waals surface area contributed by atoms with E-state index in [1.54, 1.807) is 0 Å². The topological polar surface area (TPSA) is 63.2 Å². The van der Waals surface area contributed by atoms with E-state index in [0.29, 0.717) is 18.2 Å². The number of amides is 1. The summed E-state index contributed by atoms with van der Waals surface area (Å²) in [6, 6.07) is 2.73. The molecule has 228 valence electrons. The Kier molecular flexibility index (Phi) is 11.1. The zero-order valence-corrected chi connectivity index (χ0v) is 23.6. The van der Waals surface area contributed by atoms with Gasteiger partial charge in [0.25, 0.3) is 5.91 Å². The lowest BCUT2D eigenvalue weighted by atomic mass is 9.96. The summed E-state index contributed by atoms with van der Waals surface area (Å²) in [5.41, 5.74) is -3.26. The Morgan fingerprint density at radius 2 is 1.51 bits per heavy atom. The molecule has 2 aromatic rings. The van der Waals surface area contributed by atoms with Crippen LogP contribution in [-0.4, -0.2) is 44.2 Å². The summed E-state index contributed by atoms with van der Waals surface area (Å²) in [4.78, 5) is 12.5. The Hall–Kier alpha value is -2.16. The quantitative estimate of drug-likeness (QED) is 0.214. The van der Waals surface area contributed by atoms with E-state index in [-0.39, 0.29) is 20.6 Å². The lowest BCUT2D eigenvalue weighted by Gasteiger charge is -2.19. The van der Waals surface area contributed by atoms with Crippen molar-refractivity contribution >= 4 is 56.6 Å². The molecule has 0 fully saturated rings. The van der Waals surface area contributed by atoms with Crippen molar-refractivity contribution in [1.29, 1.82) is 0 Å².